The Hall–Kier alpha value is -1.83. The van der Waals surface area contributed by atoms with Gasteiger partial charge in [-0.1, -0.05) is 36.4 Å². The number of methoxy groups -OCH3 is 1. The number of nitrogens with zero attached hydrogens (tertiary/aromatic N) is 2. The van der Waals surface area contributed by atoms with Crippen LogP contribution in [0.25, 0.3) is 0 Å². The Kier molecular flexibility index (Phi) is 9.04. The monoisotopic (exact) mass is 426 g/mol. The molecule has 2 N–H and O–H groups in total. The van der Waals surface area contributed by atoms with E-state index in [0.29, 0.717) is 12.4 Å². The lowest BCUT2D eigenvalue weighted by Gasteiger charge is -2.12. The predicted molar refractivity (Wildman–Crippen MR) is 105 cm³/mol. The van der Waals surface area contributed by atoms with Crippen molar-refractivity contribution in [1.82, 2.24) is 15.6 Å². The molecule has 0 aliphatic heterocycles. The molecule has 0 unspecified atom stereocenters. The minimum absolute atomic E-state index is 0. The lowest BCUT2D eigenvalue weighted by molar-refractivity contribution is 0.397. The zero-order valence-electron chi connectivity index (χ0n) is 13.5. The fourth-order valence-electron chi connectivity index (χ4n) is 2.01. The zero-order valence-corrected chi connectivity index (χ0v) is 15.8. The molecule has 0 spiro atoms. The standard InChI is InChI=1S/C17H22N4O.HI/c1-18-17(19-11-10-14-6-4-3-5-7-14)21-13-15-8-9-16(22-2)20-12-15;/h3-9,12H,10-11,13H2,1-2H3,(H2,18,19,21);1H. The van der Waals surface area contributed by atoms with E-state index < -0.39 is 0 Å². The molecule has 1 aromatic heterocycles. The summed E-state index contributed by atoms with van der Waals surface area (Å²) in [5.74, 6) is 1.40. The Morgan fingerprint density at radius 1 is 1.09 bits per heavy atom. The van der Waals surface area contributed by atoms with Crippen LogP contribution in [0.1, 0.15) is 11.1 Å². The van der Waals surface area contributed by atoms with Crippen LogP contribution in [0.2, 0.25) is 0 Å². The van der Waals surface area contributed by atoms with Gasteiger partial charge in [-0.05, 0) is 17.5 Å². The molecule has 0 saturated heterocycles. The van der Waals surface area contributed by atoms with Crippen LogP contribution in [0.3, 0.4) is 0 Å². The first kappa shape index (κ1) is 19.2. The number of hydrogen-bond acceptors (Lipinski definition) is 3. The first-order chi connectivity index (χ1) is 10.8. The molecule has 1 heterocycles. The highest BCUT2D eigenvalue weighted by atomic mass is 127. The van der Waals surface area contributed by atoms with E-state index in [1.165, 1.54) is 5.56 Å². The number of aromatic nitrogens is 1. The third kappa shape index (κ3) is 6.85. The Morgan fingerprint density at radius 2 is 1.87 bits per heavy atom. The molecule has 0 atom stereocenters. The van der Waals surface area contributed by atoms with Gasteiger partial charge < -0.3 is 15.4 Å². The average Bonchev–Trinajstić information content (AvgIpc) is 2.59. The number of aliphatic imine (C=N–C) groups is 1. The summed E-state index contributed by atoms with van der Waals surface area (Å²) in [6.07, 6.45) is 2.76. The van der Waals surface area contributed by atoms with Crippen LogP contribution >= 0.6 is 24.0 Å². The molecule has 0 saturated carbocycles. The zero-order chi connectivity index (χ0) is 15.6. The second kappa shape index (κ2) is 10.8. The van der Waals surface area contributed by atoms with Crippen molar-refractivity contribution in [2.45, 2.75) is 13.0 Å². The van der Waals surface area contributed by atoms with Gasteiger partial charge in [0.15, 0.2) is 5.96 Å². The average molecular weight is 426 g/mol. The van der Waals surface area contributed by atoms with Crippen LogP contribution < -0.4 is 15.4 Å². The van der Waals surface area contributed by atoms with Crippen molar-refractivity contribution in [2.24, 2.45) is 4.99 Å². The molecule has 0 fully saturated rings. The number of nitrogens with one attached hydrogen (secondary N) is 2. The second-order valence-corrected chi connectivity index (χ2v) is 4.80. The summed E-state index contributed by atoms with van der Waals surface area (Å²) in [7, 11) is 3.38. The predicted octanol–water partition coefficient (Wildman–Crippen LogP) is 2.62. The topological polar surface area (TPSA) is 58.5 Å². The minimum Gasteiger partial charge on any atom is -0.481 e. The van der Waals surface area contributed by atoms with Gasteiger partial charge in [-0.15, -0.1) is 24.0 Å². The Bertz CT molecular complexity index is 587. The molecule has 0 amide bonds. The van der Waals surface area contributed by atoms with Crippen molar-refractivity contribution in [3.8, 4) is 5.88 Å². The van der Waals surface area contributed by atoms with Crippen LogP contribution in [0.15, 0.2) is 53.7 Å². The van der Waals surface area contributed by atoms with Gasteiger partial charge in [0, 0.05) is 32.4 Å². The van der Waals surface area contributed by atoms with Crippen molar-refractivity contribution >= 4 is 29.9 Å². The number of hydrogen-bond donors (Lipinski definition) is 2. The van der Waals surface area contributed by atoms with E-state index in [-0.39, 0.29) is 24.0 Å². The van der Waals surface area contributed by atoms with Crippen LogP contribution in [0.4, 0.5) is 0 Å². The van der Waals surface area contributed by atoms with E-state index >= 15 is 0 Å². The second-order valence-electron chi connectivity index (χ2n) is 4.80. The number of benzene rings is 1. The summed E-state index contributed by atoms with van der Waals surface area (Å²) < 4.78 is 5.04. The van der Waals surface area contributed by atoms with Gasteiger partial charge >= 0.3 is 0 Å². The fraction of sp³-hybridized carbons (Fsp3) is 0.294. The van der Waals surface area contributed by atoms with Gasteiger partial charge in [-0.2, -0.15) is 0 Å². The molecule has 124 valence electrons. The first-order valence-corrected chi connectivity index (χ1v) is 7.29. The van der Waals surface area contributed by atoms with E-state index in [2.05, 4.69) is 44.9 Å². The third-order valence-corrected chi connectivity index (χ3v) is 3.24. The normalized spacial score (nSPS) is 10.6. The van der Waals surface area contributed by atoms with Gasteiger partial charge in [0.05, 0.1) is 7.11 Å². The summed E-state index contributed by atoms with van der Waals surface area (Å²) in [5, 5.41) is 6.57. The molecule has 1 aromatic carbocycles. The summed E-state index contributed by atoms with van der Waals surface area (Å²) in [5.41, 5.74) is 2.39. The maximum Gasteiger partial charge on any atom is 0.212 e. The number of ether oxygens (including phenoxy) is 1. The number of halogens is 1. The molecule has 0 aliphatic rings. The van der Waals surface area contributed by atoms with Gasteiger partial charge in [-0.3, -0.25) is 4.99 Å². The molecular weight excluding hydrogens is 403 g/mol. The maximum atomic E-state index is 5.04. The highest BCUT2D eigenvalue weighted by Crippen LogP contribution is 2.06. The van der Waals surface area contributed by atoms with Gasteiger partial charge in [0.2, 0.25) is 5.88 Å². The lowest BCUT2D eigenvalue weighted by Crippen LogP contribution is -2.37. The van der Waals surface area contributed by atoms with Crippen LogP contribution in [0, 0.1) is 0 Å². The Labute approximate surface area is 154 Å². The van der Waals surface area contributed by atoms with E-state index in [1.807, 2.05) is 18.2 Å². The number of pyridine rings is 1. The van der Waals surface area contributed by atoms with Crippen LogP contribution in [-0.2, 0) is 13.0 Å². The molecule has 0 bridgehead atoms. The minimum atomic E-state index is 0. The first-order valence-electron chi connectivity index (χ1n) is 7.29. The molecule has 6 heteroatoms. The van der Waals surface area contributed by atoms with E-state index in [0.717, 1.165) is 24.5 Å². The summed E-state index contributed by atoms with van der Waals surface area (Å²) in [6.45, 7) is 1.51. The number of guanidine groups is 1. The summed E-state index contributed by atoms with van der Waals surface area (Å²) in [4.78, 5) is 8.40. The smallest absolute Gasteiger partial charge is 0.212 e. The van der Waals surface area contributed by atoms with Crippen LogP contribution in [0.5, 0.6) is 5.88 Å². The van der Waals surface area contributed by atoms with Gasteiger partial charge in [0.1, 0.15) is 0 Å². The van der Waals surface area contributed by atoms with Gasteiger partial charge in [-0.25, -0.2) is 4.98 Å². The molecule has 0 aliphatic carbocycles. The SMILES string of the molecule is CN=C(NCCc1ccccc1)NCc1ccc(OC)nc1.I. The summed E-state index contributed by atoms with van der Waals surface area (Å²) in [6, 6.07) is 14.2. The van der Waals surface area contributed by atoms with Crippen LogP contribution in [-0.4, -0.2) is 31.6 Å². The van der Waals surface area contributed by atoms with Crippen molar-refractivity contribution in [3.63, 3.8) is 0 Å². The molecule has 5 nitrogen and oxygen atoms in total. The van der Waals surface area contributed by atoms with E-state index in [4.69, 9.17) is 4.74 Å². The van der Waals surface area contributed by atoms with Crippen molar-refractivity contribution in [2.75, 3.05) is 20.7 Å². The molecule has 2 rings (SSSR count). The van der Waals surface area contributed by atoms with Crippen molar-refractivity contribution < 1.29 is 4.74 Å². The van der Waals surface area contributed by atoms with Gasteiger partial charge in [0.25, 0.3) is 0 Å². The third-order valence-electron chi connectivity index (χ3n) is 3.24. The largest absolute Gasteiger partial charge is 0.481 e. The highest BCUT2D eigenvalue weighted by Gasteiger charge is 2.00. The van der Waals surface area contributed by atoms with E-state index in [9.17, 15) is 0 Å². The molecular formula is C17H23IN4O. The van der Waals surface area contributed by atoms with Crippen molar-refractivity contribution in [3.05, 3.63) is 59.8 Å². The summed E-state index contributed by atoms with van der Waals surface area (Å²) >= 11 is 0. The molecule has 23 heavy (non-hydrogen) atoms. The highest BCUT2D eigenvalue weighted by molar-refractivity contribution is 14.0. The lowest BCUT2D eigenvalue weighted by atomic mass is 10.1. The Morgan fingerprint density at radius 3 is 2.48 bits per heavy atom. The van der Waals surface area contributed by atoms with Crippen molar-refractivity contribution in [1.29, 1.82) is 0 Å². The number of rotatable bonds is 6. The maximum absolute atomic E-state index is 5.04. The molecule has 0 radical (unpaired) electrons. The quantitative estimate of drug-likeness (QED) is 0.424. The Balaban J connectivity index is 0.00000264. The molecule has 2 aromatic rings. The fourth-order valence-corrected chi connectivity index (χ4v) is 2.01. The van der Waals surface area contributed by atoms with E-state index in [1.54, 1.807) is 20.4 Å².